The number of amides is 1. The first-order valence-corrected chi connectivity index (χ1v) is 6.95. The van der Waals surface area contributed by atoms with Crippen LogP contribution in [0.25, 0.3) is 0 Å². The van der Waals surface area contributed by atoms with Crippen LogP contribution in [0.3, 0.4) is 0 Å². The maximum absolute atomic E-state index is 12.3. The molecule has 0 saturated heterocycles. The number of hydrogen-bond acceptors (Lipinski definition) is 1. The summed E-state index contributed by atoms with van der Waals surface area (Å²) in [7, 11) is 0. The van der Waals surface area contributed by atoms with Crippen LogP contribution in [0.4, 0.5) is 0 Å². The highest BCUT2D eigenvalue weighted by Crippen LogP contribution is 2.24. The molecule has 0 heterocycles. The summed E-state index contributed by atoms with van der Waals surface area (Å²) < 4.78 is 0. The van der Waals surface area contributed by atoms with Gasteiger partial charge in [0.1, 0.15) is 0 Å². The number of nitrogens with one attached hydrogen (secondary N) is 1. The molecule has 2 heteroatoms. The fraction of sp³-hybridized carbons (Fsp3) is 0.562. The summed E-state index contributed by atoms with van der Waals surface area (Å²) in [6.45, 7) is 6.37. The highest BCUT2D eigenvalue weighted by molar-refractivity contribution is 5.96. The highest BCUT2D eigenvalue weighted by atomic mass is 16.1. The Morgan fingerprint density at radius 1 is 1.17 bits per heavy atom. The van der Waals surface area contributed by atoms with E-state index in [9.17, 15) is 4.79 Å². The lowest BCUT2D eigenvalue weighted by Gasteiger charge is -2.27. The molecule has 18 heavy (non-hydrogen) atoms. The number of hydrogen-bond donors (Lipinski definition) is 1. The molecule has 1 aromatic carbocycles. The van der Waals surface area contributed by atoms with Crippen LogP contribution < -0.4 is 5.32 Å². The minimum Gasteiger partial charge on any atom is -0.349 e. The lowest BCUT2D eigenvalue weighted by molar-refractivity contribution is 0.0922. The molecule has 0 bridgehead atoms. The Hall–Kier alpha value is -1.31. The zero-order chi connectivity index (χ0) is 13.1. The number of benzene rings is 1. The third-order valence-electron chi connectivity index (χ3n) is 4.20. The van der Waals surface area contributed by atoms with Gasteiger partial charge in [-0.25, -0.2) is 0 Å². The van der Waals surface area contributed by atoms with Gasteiger partial charge in [0.15, 0.2) is 0 Å². The molecule has 98 valence electrons. The third-order valence-corrected chi connectivity index (χ3v) is 4.20. The molecule has 1 aliphatic rings. The maximum Gasteiger partial charge on any atom is 0.251 e. The van der Waals surface area contributed by atoms with E-state index in [0.717, 1.165) is 29.9 Å². The second-order valence-electron chi connectivity index (χ2n) is 5.68. The molecule has 0 unspecified atom stereocenters. The molecule has 1 aliphatic carbocycles. The van der Waals surface area contributed by atoms with Gasteiger partial charge in [0, 0.05) is 11.6 Å². The van der Waals surface area contributed by atoms with Gasteiger partial charge in [0.05, 0.1) is 0 Å². The van der Waals surface area contributed by atoms with Crippen molar-refractivity contribution in [3.63, 3.8) is 0 Å². The molecule has 0 spiro atoms. The number of aryl methyl sites for hydroxylation is 1. The fourth-order valence-corrected chi connectivity index (χ4v) is 2.66. The lowest BCUT2D eigenvalue weighted by Crippen LogP contribution is -2.37. The van der Waals surface area contributed by atoms with E-state index in [1.54, 1.807) is 0 Å². The Kier molecular flexibility index (Phi) is 4.05. The third kappa shape index (κ3) is 2.92. The van der Waals surface area contributed by atoms with Crippen LogP contribution in [0.1, 0.15) is 54.1 Å². The lowest BCUT2D eigenvalue weighted by atomic mass is 9.87. The van der Waals surface area contributed by atoms with E-state index in [-0.39, 0.29) is 5.91 Å². The molecule has 0 atom stereocenters. The van der Waals surface area contributed by atoms with Crippen molar-refractivity contribution in [1.82, 2.24) is 5.32 Å². The Morgan fingerprint density at radius 3 is 2.50 bits per heavy atom. The molecule has 0 aromatic heterocycles. The maximum atomic E-state index is 12.3. The Morgan fingerprint density at radius 2 is 1.83 bits per heavy atom. The molecule has 1 saturated carbocycles. The zero-order valence-corrected chi connectivity index (χ0v) is 11.6. The van der Waals surface area contributed by atoms with E-state index in [1.165, 1.54) is 18.4 Å². The SMILES string of the molecule is Cc1cccc(C(=O)NC2CCC(C)CC2)c1C. The first-order chi connectivity index (χ1) is 8.58. The van der Waals surface area contributed by atoms with Crippen LogP contribution in [-0.2, 0) is 0 Å². The summed E-state index contributed by atoms with van der Waals surface area (Å²) >= 11 is 0. The van der Waals surface area contributed by atoms with E-state index in [4.69, 9.17) is 0 Å². The van der Waals surface area contributed by atoms with Gasteiger partial charge in [0.25, 0.3) is 5.91 Å². The molecule has 0 aliphatic heterocycles. The first-order valence-electron chi connectivity index (χ1n) is 6.95. The molecule has 1 amide bonds. The van der Waals surface area contributed by atoms with Crippen LogP contribution >= 0.6 is 0 Å². The van der Waals surface area contributed by atoms with Gasteiger partial charge in [-0.3, -0.25) is 4.79 Å². The largest absolute Gasteiger partial charge is 0.349 e. The molecular formula is C16H23NO. The van der Waals surface area contributed by atoms with E-state index in [0.29, 0.717) is 6.04 Å². The van der Waals surface area contributed by atoms with Crippen molar-refractivity contribution in [2.75, 3.05) is 0 Å². The van der Waals surface area contributed by atoms with Gasteiger partial charge in [-0.1, -0.05) is 19.1 Å². The molecule has 1 fully saturated rings. The smallest absolute Gasteiger partial charge is 0.251 e. The quantitative estimate of drug-likeness (QED) is 0.847. The van der Waals surface area contributed by atoms with E-state index in [2.05, 4.69) is 25.2 Å². The summed E-state index contributed by atoms with van der Waals surface area (Å²) in [5.74, 6) is 0.912. The molecule has 2 rings (SSSR count). The fourth-order valence-electron chi connectivity index (χ4n) is 2.66. The Labute approximate surface area is 110 Å². The standard InChI is InChI=1S/C16H23NO/c1-11-7-9-14(10-8-11)17-16(18)15-6-4-5-12(2)13(15)3/h4-6,11,14H,7-10H2,1-3H3,(H,17,18). The van der Waals surface area contributed by atoms with Crippen LogP contribution in [0.15, 0.2) is 18.2 Å². The average Bonchev–Trinajstić information content (AvgIpc) is 2.35. The number of carbonyl (C=O) groups is 1. The van der Waals surface area contributed by atoms with Crippen LogP contribution in [0.2, 0.25) is 0 Å². The zero-order valence-electron chi connectivity index (χ0n) is 11.6. The predicted molar refractivity (Wildman–Crippen MR) is 74.8 cm³/mol. The summed E-state index contributed by atoms with van der Waals surface area (Å²) in [6.07, 6.45) is 4.71. The van der Waals surface area contributed by atoms with Crippen LogP contribution in [-0.4, -0.2) is 11.9 Å². The van der Waals surface area contributed by atoms with Gasteiger partial charge in [0.2, 0.25) is 0 Å². The Balaban J connectivity index is 2.01. The highest BCUT2D eigenvalue weighted by Gasteiger charge is 2.20. The summed E-state index contributed by atoms with van der Waals surface area (Å²) in [5, 5.41) is 3.18. The monoisotopic (exact) mass is 245 g/mol. The molecule has 2 nitrogen and oxygen atoms in total. The molecule has 0 radical (unpaired) electrons. The molecular weight excluding hydrogens is 222 g/mol. The number of rotatable bonds is 2. The minimum atomic E-state index is 0.0933. The van der Waals surface area contributed by atoms with Crippen LogP contribution in [0, 0.1) is 19.8 Å². The first kappa shape index (κ1) is 13.1. The second-order valence-corrected chi connectivity index (χ2v) is 5.68. The second kappa shape index (κ2) is 5.55. The Bertz CT molecular complexity index is 431. The van der Waals surface area contributed by atoms with Crippen molar-refractivity contribution < 1.29 is 4.79 Å². The topological polar surface area (TPSA) is 29.1 Å². The van der Waals surface area contributed by atoms with Crippen molar-refractivity contribution in [2.24, 2.45) is 5.92 Å². The summed E-state index contributed by atoms with van der Waals surface area (Å²) in [5.41, 5.74) is 3.10. The van der Waals surface area contributed by atoms with Gasteiger partial charge in [-0.15, -0.1) is 0 Å². The van der Waals surface area contributed by atoms with Gasteiger partial charge >= 0.3 is 0 Å². The van der Waals surface area contributed by atoms with Gasteiger partial charge in [-0.2, -0.15) is 0 Å². The normalized spacial score (nSPS) is 23.7. The van der Waals surface area contributed by atoms with E-state index < -0.39 is 0 Å². The van der Waals surface area contributed by atoms with Crippen LogP contribution in [0.5, 0.6) is 0 Å². The van der Waals surface area contributed by atoms with Crippen molar-refractivity contribution in [3.8, 4) is 0 Å². The van der Waals surface area contributed by atoms with Crippen molar-refractivity contribution in [1.29, 1.82) is 0 Å². The van der Waals surface area contributed by atoms with E-state index in [1.807, 2.05) is 19.1 Å². The number of carbonyl (C=O) groups excluding carboxylic acids is 1. The molecule has 1 N–H and O–H groups in total. The average molecular weight is 245 g/mol. The van der Waals surface area contributed by atoms with Gasteiger partial charge < -0.3 is 5.32 Å². The summed E-state index contributed by atoms with van der Waals surface area (Å²) in [6, 6.07) is 6.30. The predicted octanol–water partition coefficient (Wildman–Crippen LogP) is 3.61. The van der Waals surface area contributed by atoms with Crippen molar-refractivity contribution >= 4 is 5.91 Å². The van der Waals surface area contributed by atoms with Crippen molar-refractivity contribution in [2.45, 2.75) is 52.5 Å². The molecule has 1 aromatic rings. The van der Waals surface area contributed by atoms with Gasteiger partial charge in [-0.05, 0) is 62.6 Å². The van der Waals surface area contributed by atoms with Crippen molar-refractivity contribution in [3.05, 3.63) is 34.9 Å². The summed E-state index contributed by atoms with van der Waals surface area (Å²) in [4.78, 5) is 12.3. The minimum absolute atomic E-state index is 0.0933. The van der Waals surface area contributed by atoms with E-state index >= 15 is 0 Å².